The van der Waals surface area contributed by atoms with Gasteiger partial charge in [0.2, 0.25) is 5.91 Å². The van der Waals surface area contributed by atoms with Crippen LogP contribution in [0.3, 0.4) is 0 Å². The highest BCUT2D eigenvalue weighted by Gasteiger charge is 2.19. The first-order valence-corrected chi connectivity index (χ1v) is 7.71. The number of pyridine rings is 1. The molecule has 6 heteroatoms. The van der Waals surface area contributed by atoms with Crippen molar-refractivity contribution < 1.29 is 4.79 Å². The highest BCUT2D eigenvalue weighted by atomic mass is 32.1. The summed E-state index contributed by atoms with van der Waals surface area (Å²) in [5.74, 6) is -0.183. The smallest absolute Gasteiger partial charge is 0.269 e. The Balaban J connectivity index is 1.77. The average molecular weight is 313 g/mol. The van der Waals surface area contributed by atoms with Crippen LogP contribution in [0.15, 0.2) is 53.6 Å². The predicted molar refractivity (Wildman–Crippen MR) is 86.9 cm³/mol. The Morgan fingerprint density at radius 2 is 2.14 bits per heavy atom. The van der Waals surface area contributed by atoms with Crippen LogP contribution in [0.2, 0.25) is 0 Å². The molecule has 3 aromatic rings. The highest BCUT2D eigenvalue weighted by molar-refractivity contribution is 7.14. The Morgan fingerprint density at radius 3 is 2.86 bits per heavy atom. The third-order valence-electron chi connectivity index (χ3n) is 3.44. The maximum Gasteiger partial charge on any atom is 0.269 e. The van der Waals surface area contributed by atoms with Crippen molar-refractivity contribution in [3.05, 3.63) is 64.7 Å². The molecule has 22 heavy (non-hydrogen) atoms. The van der Waals surface area contributed by atoms with E-state index in [1.165, 1.54) is 15.5 Å². The lowest BCUT2D eigenvalue weighted by molar-refractivity contribution is -0.123. The largest absolute Gasteiger partial charge is 0.350 e. The molecule has 0 saturated heterocycles. The number of nitrogens with one attached hydrogen (secondary N) is 1. The summed E-state index contributed by atoms with van der Waals surface area (Å²) in [6, 6.07) is 10.6. The quantitative estimate of drug-likeness (QED) is 0.804. The average Bonchev–Trinajstić information content (AvgIpc) is 2.90. The lowest BCUT2D eigenvalue weighted by atomic mass is 10.2. The van der Waals surface area contributed by atoms with Gasteiger partial charge in [-0.2, -0.15) is 0 Å². The molecule has 0 bridgehead atoms. The van der Waals surface area contributed by atoms with Gasteiger partial charge >= 0.3 is 0 Å². The van der Waals surface area contributed by atoms with Gasteiger partial charge in [0.1, 0.15) is 6.04 Å². The lowest BCUT2D eigenvalue weighted by Gasteiger charge is -2.12. The van der Waals surface area contributed by atoms with Gasteiger partial charge < -0.3 is 5.32 Å². The van der Waals surface area contributed by atoms with Crippen molar-refractivity contribution in [2.24, 2.45) is 0 Å². The number of nitrogens with zero attached hydrogens (tertiary/aromatic N) is 2. The molecule has 0 aliphatic rings. The maximum absolute atomic E-state index is 12.3. The van der Waals surface area contributed by atoms with E-state index in [2.05, 4.69) is 10.3 Å². The highest BCUT2D eigenvalue weighted by Crippen LogP contribution is 2.19. The summed E-state index contributed by atoms with van der Waals surface area (Å²) < 4.78 is 2.41. The van der Waals surface area contributed by atoms with Crippen LogP contribution < -0.4 is 10.9 Å². The van der Waals surface area contributed by atoms with Crippen molar-refractivity contribution in [1.29, 1.82) is 0 Å². The van der Waals surface area contributed by atoms with Gasteiger partial charge in [-0.1, -0.05) is 29.7 Å². The number of hydrogen-bond donors (Lipinski definition) is 1. The van der Waals surface area contributed by atoms with Gasteiger partial charge in [0.25, 0.3) is 5.56 Å². The Bertz CT molecular complexity index is 854. The summed E-state index contributed by atoms with van der Waals surface area (Å²) >= 11 is 1.31. The summed E-state index contributed by atoms with van der Waals surface area (Å²) in [6.07, 6.45) is 3.39. The zero-order chi connectivity index (χ0) is 15.5. The third-order valence-corrected chi connectivity index (χ3v) is 4.67. The van der Waals surface area contributed by atoms with Gasteiger partial charge in [-0.15, -0.1) is 0 Å². The van der Waals surface area contributed by atoms with Crippen molar-refractivity contribution in [3.8, 4) is 0 Å². The first-order valence-electron chi connectivity index (χ1n) is 6.94. The van der Waals surface area contributed by atoms with E-state index in [0.717, 1.165) is 10.3 Å². The van der Waals surface area contributed by atoms with Crippen molar-refractivity contribution in [1.82, 2.24) is 14.3 Å². The van der Waals surface area contributed by atoms with E-state index >= 15 is 0 Å². The molecule has 3 rings (SSSR count). The number of amides is 1. The molecule has 0 aliphatic carbocycles. The molecule has 1 amide bonds. The summed E-state index contributed by atoms with van der Waals surface area (Å²) in [6.45, 7) is 2.13. The van der Waals surface area contributed by atoms with Crippen LogP contribution in [0.5, 0.6) is 0 Å². The first kappa shape index (κ1) is 14.5. The second kappa shape index (κ2) is 6.11. The van der Waals surface area contributed by atoms with E-state index in [9.17, 15) is 9.59 Å². The topological polar surface area (TPSA) is 64.0 Å². The van der Waals surface area contributed by atoms with Gasteiger partial charge in [0.05, 0.1) is 10.1 Å². The van der Waals surface area contributed by atoms with Crippen LogP contribution in [-0.2, 0) is 11.3 Å². The van der Waals surface area contributed by atoms with Crippen molar-refractivity contribution in [2.75, 3.05) is 0 Å². The van der Waals surface area contributed by atoms with E-state index in [1.54, 1.807) is 25.4 Å². The van der Waals surface area contributed by atoms with Gasteiger partial charge in [0, 0.05) is 18.9 Å². The minimum absolute atomic E-state index is 0.121. The molecule has 0 radical (unpaired) electrons. The molecule has 2 aromatic heterocycles. The maximum atomic E-state index is 12.3. The number of carbonyl (C=O) groups is 1. The second-order valence-corrected chi connectivity index (χ2v) is 5.99. The van der Waals surface area contributed by atoms with Gasteiger partial charge in [-0.3, -0.25) is 18.5 Å². The molecule has 0 spiro atoms. The van der Waals surface area contributed by atoms with Crippen molar-refractivity contribution >= 4 is 27.5 Å². The molecule has 0 unspecified atom stereocenters. The van der Waals surface area contributed by atoms with Crippen LogP contribution in [0.4, 0.5) is 0 Å². The molecule has 1 N–H and O–H groups in total. The zero-order valence-corrected chi connectivity index (χ0v) is 12.8. The lowest BCUT2D eigenvalue weighted by Crippen LogP contribution is -2.33. The van der Waals surface area contributed by atoms with Gasteiger partial charge in [0.15, 0.2) is 0 Å². The van der Waals surface area contributed by atoms with Crippen LogP contribution in [-0.4, -0.2) is 14.8 Å². The minimum atomic E-state index is -0.540. The Hall–Kier alpha value is -2.47. The summed E-state index contributed by atoms with van der Waals surface area (Å²) in [5, 5.41) is 3.49. The summed E-state index contributed by atoms with van der Waals surface area (Å²) in [7, 11) is 0. The molecule has 0 fully saturated rings. The zero-order valence-electron chi connectivity index (χ0n) is 12.0. The number of benzene rings is 1. The minimum Gasteiger partial charge on any atom is -0.350 e. The number of fused-ring (bicyclic) bond motifs is 1. The van der Waals surface area contributed by atoms with E-state index in [0.29, 0.717) is 11.9 Å². The Morgan fingerprint density at radius 1 is 1.32 bits per heavy atom. The van der Waals surface area contributed by atoms with Crippen molar-refractivity contribution in [2.45, 2.75) is 19.5 Å². The van der Waals surface area contributed by atoms with Gasteiger partial charge in [-0.25, -0.2) is 0 Å². The number of rotatable bonds is 4. The fourth-order valence-corrected chi connectivity index (χ4v) is 3.23. The molecule has 112 valence electrons. The molecule has 1 aromatic carbocycles. The fourth-order valence-electron chi connectivity index (χ4n) is 2.19. The first-order chi connectivity index (χ1) is 10.7. The standard InChI is InChI=1S/C16H15N3O2S/c1-11(15(20)18-10-12-5-4-8-17-9-12)19-16(21)13-6-2-3-7-14(13)22-19/h2-9,11H,10H2,1H3,(H,18,20)/t11-/m0/s1. The molecular weight excluding hydrogens is 298 g/mol. The second-order valence-electron chi connectivity index (χ2n) is 4.97. The Kier molecular flexibility index (Phi) is 4.02. The van der Waals surface area contributed by atoms with Crippen LogP contribution >= 0.6 is 11.5 Å². The Labute approximate surface area is 131 Å². The molecule has 2 heterocycles. The number of aromatic nitrogens is 2. The fraction of sp³-hybridized carbons (Fsp3) is 0.188. The van der Waals surface area contributed by atoms with Crippen LogP contribution in [0.25, 0.3) is 10.1 Å². The van der Waals surface area contributed by atoms with E-state index in [-0.39, 0.29) is 11.5 Å². The van der Waals surface area contributed by atoms with E-state index in [1.807, 2.05) is 30.3 Å². The van der Waals surface area contributed by atoms with Crippen LogP contribution in [0.1, 0.15) is 18.5 Å². The molecule has 5 nitrogen and oxygen atoms in total. The monoisotopic (exact) mass is 313 g/mol. The predicted octanol–water partition coefficient (Wildman–Crippen LogP) is 2.34. The molecular formula is C16H15N3O2S. The SMILES string of the molecule is C[C@@H](C(=O)NCc1cccnc1)n1sc2ccccc2c1=O. The summed E-state index contributed by atoms with van der Waals surface area (Å²) in [5.41, 5.74) is 0.802. The van der Waals surface area contributed by atoms with Crippen molar-refractivity contribution in [3.63, 3.8) is 0 Å². The van der Waals surface area contributed by atoms with Crippen LogP contribution in [0, 0.1) is 0 Å². The summed E-state index contributed by atoms with van der Waals surface area (Å²) in [4.78, 5) is 28.6. The third kappa shape index (κ3) is 2.78. The molecule has 0 aliphatic heterocycles. The van der Waals surface area contributed by atoms with E-state index < -0.39 is 6.04 Å². The number of carbonyl (C=O) groups excluding carboxylic acids is 1. The number of hydrogen-bond acceptors (Lipinski definition) is 4. The normalized spacial score (nSPS) is 12.2. The molecule has 1 atom stereocenters. The van der Waals surface area contributed by atoms with E-state index in [4.69, 9.17) is 0 Å². The van der Waals surface area contributed by atoms with Gasteiger partial charge in [-0.05, 0) is 30.7 Å². The molecule has 0 saturated carbocycles.